The first-order valence-corrected chi connectivity index (χ1v) is 42.7. The smallest absolute Gasteiger partial charge is 0.462 e. The van der Waals surface area contributed by atoms with Crippen LogP contribution in [0.25, 0.3) is 0 Å². The average Bonchev–Trinajstić information content (AvgIpc) is 2.70. The predicted octanol–water partition coefficient (Wildman–Crippen LogP) is 22.4. The molecule has 0 rings (SSSR count). The number of unbranched alkanes of at least 4 members (excludes halogenated alkanes) is 39. The average molecular weight is 1410 g/mol. The van der Waals surface area contributed by atoms with Crippen LogP contribution < -0.4 is 0 Å². The van der Waals surface area contributed by atoms with Crippen LogP contribution in [0.5, 0.6) is 0 Å². The number of carbonyl (C=O) groups excluding carboxylic acids is 4. The van der Waals surface area contributed by atoms with Crippen LogP contribution in [0.1, 0.15) is 389 Å². The number of hydrogen-bond acceptors (Lipinski definition) is 15. The van der Waals surface area contributed by atoms with Crippen LogP contribution in [0.15, 0.2) is 0 Å². The number of aliphatic hydroxyl groups excluding tert-OH is 1. The van der Waals surface area contributed by atoms with Gasteiger partial charge in [-0.3, -0.25) is 37.3 Å². The van der Waals surface area contributed by atoms with Crippen LogP contribution in [0.3, 0.4) is 0 Å². The van der Waals surface area contributed by atoms with Gasteiger partial charge >= 0.3 is 39.5 Å². The van der Waals surface area contributed by atoms with E-state index in [9.17, 15) is 43.2 Å². The van der Waals surface area contributed by atoms with Crippen LogP contribution in [0.4, 0.5) is 0 Å². The summed E-state index contributed by atoms with van der Waals surface area (Å²) in [4.78, 5) is 72.8. The highest BCUT2D eigenvalue weighted by atomic mass is 31.2. The van der Waals surface area contributed by atoms with Gasteiger partial charge in [0.2, 0.25) is 0 Å². The van der Waals surface area contributed by atoms with Gasteiger partial charge in [-0.2, -0.15) is 0 Å². The van der Waals surface area contributed by atoms with Gasteiger partial charge in [0.15, 0.2) is 12.2 Å². The van der Waals surface area contributed by atoms with Crippen molar-refractivity contribution in [3.8, 4) is 0 Å². The third-order valence-electron chi connectivity index (χ3n) is 18.2. The Hall–Kier alpha value is -1.94. The highest BCUT2D eigenvalue weighted by molar-refractivity contribution is 7.47. The molecule has 4 unspecified atom stereocenters. The molecular weight excluding hydrogens is 1260 g/mol. The second-order valence-corrected chi connectivity index (χ2v) is 32.3. The molecule has 0 aromatic rings. The molecule has 0 saturated heterocycles. The maximum absolute atomic E-state index is 13.1. The predicted molar refractivity (Wildman–Crippen MR) is 391 cm³/mol. The fourth-order valence-electron chi connectivity index (χ4n) is 11.7. The molecule has 3 N–H and O–H groups in total. The first-order chi connectivity index (χ1) is 46.1. The number of rotatable bonds is 74. The lowest BCUT2D eigenvalue weighted by Crippen LogP contribution is -2.30. The van der Waals surface area contributed by atoms with E-state index in [0.29, 0.717) is 31.6 Å². The van der Waals surface area contributed by atoms with Gasteiger partial charge in [0.25, 0.3) is 0 Å². The molecule has 0 spiro atoms. The number of esters is 4. The molecule has 0 radical (unpaired) electrons. The Labute approximate surface area is 588 Å². The normalized spacial score (nSPS) is 14.4. The zero-order valence-corrected chi connectivity index (χ0v) is 64.8. The fourth-order valence-corrected chi connectivity index (χ4v) is 13.3. The van der Waals surface area contributed by atoms with Crippen LogP contribution in [-0.2, 0) is 65.4 Å². The highest BCUT2D eigenvalue weighted by Gasteiger charge is 2.30. The molecule has 0 aromatic heterocycles. The topological polar surface area (TPSA) is 237 Å². The van der Waals surface area contributed by atoms with Crippen LogP contribution in [0.2, 0.25) is 0 Å². The molecule has 96 heavy (non-hydrogen) atoms. The number of aliphatic hydroxyl groups is 1. The summed E-state index contributed by atoms with van der Waals surface area (Å²) >= 11 is 0. The molecule has 17 nitrogen and oxygen atoms in total. The van der Waals surface area contributed by atoms with Gasteiger partial charge in [0.05, 0.1) is 26.4 Å². The molecule has 0 amide bonds. The minimum atomic E-state index is -4.96. The lowest BCUT2D eigenvalue weighted by molar-refractivity contribution is -0.161. The number of phosphoric ester groups is 2. The van der Waals surface area contributed by atoms with Crippen LogP contribution in [-0.4, -0.2) is 96.7 Å². The summed E-state index contributed by atoms with van der Waals surface area (Å²) in [6.45, 7) is 14.2. The van der Waals surface area contributed by atoms with Gasteiger partial charge in [-0.15, -0.1) is 0 Å². The zero-order valence-electron chi connectivity index (χ0n) is 63.0. The van der Waals surface area contributed by atoms with E-state index >= 15 is 0 Å². The van der Waals surface area contributed by atoms with Gasteiger partial charge in [-0.05, 0) is 49.4 Å². The first-order valence-electron chi connectivity index (χ1n) is 39.7. The van der Waals surface area contributed by atoms with Crippen LogP contribution >= 0.6 is 15.6 Å². The Morgan fingerprint density at radius 1 is 0.292 bits per heavy atom. The second-order valence-electron chi connectivity index (χ2n) is 29.4. The largest absolute Gasteiger partial charge is 0.472 e. The Balaban J connectivity index is 5.22. The third-order valence-corrected chi connectivity index (χ3v) is 20.1. The molecule has 19 heteroatoms. The number of hydrogen-bond donors (Lipinski definition) is 3. The summed E-state index contributed by atoms with van der Waals surface area (Å²) in [5.41, 5.74) is 0. The van der Waals surface area contributed by atoms with Crippen LogP contribution in [0, 0.1) is 23.7 Å². The van der Waals surface area contributed by atoms with Crippen molar-refractivity contribution in [1.29, 1.82) is 0 Å². The standard InChI is InChI=1S/C77H150O17P2/c1-9-70(8)56-48-40-32-23-19-15-11-13-17-21-25-35-44-52-60-77(82)94-73(64-88-75(80)58-50-42-36-28-31-39-47-55-69(6)7)66-92-96(85,86)90-62-71(78)61-89-95(83,84)91-65-72(63-87-74(79)57-49-41-33-27-26-30-38-46-54-68(4)5)93-76(81)59-51-43-34-24-20-16-12-10-14-18-22-29-37-45-53-67(2)3/h67-73,78H,9-66H2,1-8H3,(H,83,84)(H,85,86)/t70?,71?,72-,73-/m1/s1. The second kappa shape index (κ2) is 66.3. The maximum atomic E-state index is 13.1. The molecule has 0 aliphatic heterocycles. The highest BCUT2D eigenvalue weighted by Crippen LogP contribution is 2.45. The fraction of sp³-hybridized carbons (Fsp3) is 0.948. The minimum Gasteiger partial charge on any atom is -0.462 e. The van der Waals surface area contributed by atoms with Gasteiger partial charge in [0, 0.05) is 25.7 Å². The summed E-state index contributed by atoms with van der Waals surface area (Å²) in [6.07, 6.45) is 51.4. The number of phosphoric acid groups is 2. The van der Waals surface area contributed by atoms with Gasteiger partial charge in [0.1, 0.15) is 19.3 Å². The summed E-state index contributed by atoms with van der Waals surface area (Å²) in [7, 11) is -9.91. The van der Waals surface area contributed by atoms with E-state index in [1.807, 2.05) is 0 Å². The van der Waals surface area contributed by atoms with Crippen molar-refractivity contribution in [3.63, 3.8) is 0 Å². The Morgan fingerprint density at radius 3 is 0.740 bits per heavy atom. The molecular formula is C77H150O17P2. The molecule has 6 atom stereocenters. The Kier molecular flexibility index (Phi) is 65.0. The molecule has 0 bridgehead atoms. The quantitative estimate of drug-likeness (QED) is 0.0222. The molecule has 570 valence electrons. The van der Waals surface area contributed by atoms with E-state index in [0.717, 1.165) is 114 Å². The van der Waals surface area contributed by atoms with Crippen molar-refractivity contribution in [2.24, 2.45) is 23.7 Å². The van der Waals surface area contributed by atoms with Gasteiger partial charge < -0.3 is 33.8 Å². The molecule has 0 saturated carbocycles. The SMILES string of the molecule is CCC(C)CCCCCCCCCCCCCCCCC(=O)O[C@H](COC(=O)CCCCCCCCCC(C)C)COP(=O)(O)OCC(O)COP(=O)(O)OC[C@@H](COC(=O)CCCCCCCCCCC(C)C)OC(=O)CCCCCCCCCCCCCCCCC(C)C. The first kappa shape index (κ1) is 94.1. The zero-order chi connectivity index (χ0) is 71.0. The lowest BCUT2D eigenvalue weighted by Gasteiger charge is -2.21. The van der Waals surface area contributed by atoms with Crippen molar-refractivity contribution in [2.75, 3.05) is 39.6 Å². The summed E-state index contributed by atoms with van der Waals surface area (Å²) < 4.78 is 68.5. The third kappa shape index (κ3) is 69.2. The van der Waals surface area contributed by atoms with E-state index < -0.39 is 97.5 Å². The van der Waals surface area contributed by atoms with E-state index in [4.69, 9.17) is 37.0 Å². The van der Waals surface area contributed by atoms with Crippen molar-refractivity contribution < 1.29 is 80.2 Å². The van der Waals surface area contributed by atoms with E-state index in [1.165, 1.54) is 186 Å². The Bertz CT molecular complexity index is 1890. The lowest BCUT2D eigenvalue weighted by atomic mass is 9.99. The molecule has 0 aliphatic rings. The summed E-state index contributed by atoms with van der Waals surface area (Å²) in [5.74, 6) is 0.952. The summed E-state index contributed by atoms with van der Waals surface area (Å²) in [5, 5.41) is 10.6. The van der Waals surface area contributed by atoms with E-state index in [1.54, 1.807) is 0 Å². The van der Waals surface area contributed by atoms with Gasteiger partial charge in [-0.25, -0.2) is 9.13 Å². The van der Waals surface area contributed by atoms with Crippen molar-refractivity contribution in [3.05, 3.63) is 0 Å². The van der Waals surface area contributed by atoms with E-state index in [2.05, 4.69) is 55.4 Å². The van der Waals surface area contributed by atoms with Crippen molar-refractivity contribution in [1.82, 2.24) is 0 Å². The molecule has 0 aromatic carbocycles. The van der Waals surface area contributed by atoms with Crippen molar-refractivity contribution in [2.45, 2.75) is 408 Å². The molecule has 0 fully saturated rings. The number of carbonyl (C=O) groups is 4. The minimum absolute atomic E-state index is 0.106. The number of ether oxygens (including phenoxy) is 4. The van der Waals surface area contributed by atoms with E-state index in [-0.39, 0.29) is 25.7 Å². The summed E-state index contributed by atoms with van der Waals surface area (Å²) in [6, 6.07) is 0. The van der Waals surface area contributed by atoms with Crippen molar-refractivity contribution >= 4 is 39.5 Å². The maximum Gasteiger partial charge on any atom is 0.472 e. The monoisotopic (exact) mass is 1410 g/mol. The molecule has 0 aliphatic carbocycles. The van der Waals surface area contributed by atoms with Gasteiger partial charge in [-0.1, -0.05) is 338 Å². The Morgan fingerprint density at radius 2 is 0.500 bits per heavy atom. The molecule has 0 heterocycles.